The van der Waals surface area contributed by atoms with Crippen molar-refractivity contribution in [2.45, 2.75) is 19.5 Å². The maximum absolute atomic E-state index is 12.5. The smallest absolute Gasteiger partial charge is 0.311 e. The molecule has 2 N–H and O–H groups in total. The summed E-state index contributed by atoms with van der Waals surface area (Å²) in [6.07, 6.45) is 2.07. The number of nitrogens with one attached hydrogen (secondary N) is 1. The Hall–Kier alpha value is -3.46. The molecule has 9 nitrogen and oxygen atoms in total. The first kappa shape index (κ1) is 17.0. The lowest BCUT2D eigenvalue weighted by atomic mass is 10.1. The fourth-order valence-electron chi connectivity index (χ4n) is 3.24. The van der Waals surface area contributed by atoms with E-state index in [1.807, 2.05) is 4.90 Å². The van der Waals surface area contributed by atoms with E-state index in [0.29, 0.717) is 54.5 Å². The highest BCUT2D eigenvalue weighted by atomic mass is 16.6. The van der Waals surface area contributed by atoms with E-state index >= 15 is 0 Å². The minimum absolute atomic E-state index is 0.237. The molecule has 0 saturated heterocycles. The van der Waals surface area contributed by atoms with E-state index in [2.05, 4.69) is 9.97 Å². The number of hydrogen-bond acceptors (Lipinski definition) is 7. The van der Waals surface area contributed by atoms with Crippen LogP contribution in [0.15, 0.2) is 45.8 Å². The van der Waals surface area contributed by atoms with Crippen molar-refractivity contribution >= 4 is 5.69 Å². The Bertz CT molecular complexity index is 1060. The number of H-pyrrole nitrogens is 1. The van der Waals surface area contributed by atoms with Crippen LogP contribution in [0.2, 0.25) is 0 Å². The van der Waals surface area contributed by atoms with Gasteiger partial charge in [0.25, 0.3) is 5.56 Å². The van der Waals surface area contributed by atoms with Crippen LogP contribution in [0.4, 0.5) is 5.69 Å². The van der Waals surface area contributed by atoms with E-state index in [1.165, 1.54) is 18.4 Å². The molecule has 1 aliphatic heterocycles. The average Bonchev–Trinajstić information content (AvgIpc) is 3.18. The summed E-state index contributed by atoms with van der Waals surface area (Å²) in [5.74, 6) is 0.556. The molecular weight excluding hydrogens is 352 g/mol. The first-order valence-corrected chi connectivity index (χ1v) is 8.36. The number of nitro groups is 1. The highest BCUT2D eigenvalue weighted by Gasteiger charge is 2.24. The third-order valence-corrected chi connectivity index (χ3v) is 4.59. The zero-order valence-electron chi connectivity index (χ0n) is 14.2. The molecule has 0 saturated carbocycles. The van der Waals surface area contributed by atoms with E-state index in [1.54, 1.807) is 18.2 Å². The van der Waals surface area contributed by atoms with Gasteiger partial charge in [0.2, 0.25) is 0 Å². The number of fused-ring (bicyclic) bond motifs is 1. The largest absolute Gasteiger partial charge is 0.502 e. The molecule has 0 atom stereocenters. The van der Waals surface area contributed by atoms with Crippen molar-refractivity contribution in [3.05, 3.63) is 73.9 Å². The molecule has 4 rings (SSSR count). The first-order valence-electron chi connectivity index (χ1n) is 8.36. The lowest BCUT2D eigenvalue weighted by Gasteiger charge is -2.27. The number of furan rings is 1. The molecule has 0 radical (unpaired) electrons. The van der Waals surface area contributed by atoms with Gasteiger partial charge in [-0.05, 0) is 12.1 Å². The Balaban J connectivity index is 1.58. The average molecular weight is 368 g/mol. The predicted octanol–water partition coefficient (Wildman–Crippen LogP) is 2.20. The van der Waals surface area contributed by atoms with Crippen molar-refractivity contribution in [3.63, 3.8) is 0 Å². The van der Waals surface area contributed by atoms with Crippen LogP contribution in [0, 0.1) is 10.1 Å². The highest BCUT2D eigenvalue weighted by molar-refractivity contribution is 5.50. The first-order chi connectivity index (χ1) is 13.0. The van der Waals surface area contributed by atoms with Gasteiger partial charge in [0, 0.05) is 37.7 Å². The van der Waals surface area contributed by atoms with Crippen LogP contribution in [-0.2, 0) is 19.5 Å². The molecular formula is C18H16N4O5. The second-order valence-corrected chi connectivity index (χ2v) is 6.32. The number of nitrogens with zero attached hydrogens (tertiary/aromatic N) is 3. The predicted molar refractivity (Wildman–Crippen MR) is 95.1 cm³/mol. The van der Waals surface area contributed by atoms with Gasteiger partial charge >= 0.3 is 5.69 Å². The van der Waals surface area contributed by atoms with E-state index < -0.39 is 4.92 Å². The second kappa shape index (κ2) is 6.69. The third kappa shape index (κ3) is 3.20. The molecule has 0 aliphatic carbocycles. The van der Waals surface area contributed by atoms with Crippen LogP contribution in [-0.4, -0.2) is 31.4 Å². The lowest BCUT2D eigenvalue weighted by molar-refractivity contribution is -0.385. The normalized spacial score (nSPS) is 14.1. The van der Waals surface area contributed by atoms with Crippen LogP contribution >= 0.6 is 0 Å². The molecule has 3 aromatic rings. The van der Waals surface area contributed by atoms with Crippen molar-refractivity contribution in [1.82, 2.24) is 14.9 Å². The Morgan fingerprint density at radius 2 is 2.19 bits per heavy atom. The number of hydrogen-bond donors (Lipinski definition) is 2. The number of para-hydroxylation sites is 1. The van der Waals surface area contributed by atoms with E-state index in [9.17, 15) is 20.0 Å². The molecule has 0 fully saturated rings. The molecule has 1 aromatic carbocycles. The monoisotopic (exact) mass is 368 g/mol. The summed E-state index contributed by atoms with van der Waals surface area (Å²) in [6, 6.07) is 7.89. The Morgan fingerprint density at radius 3 is 2.93 bits per heavy atom. The second-order valence-electron chi connectivity index (χ2n) is 6.32. The highest BCUT2D eigenvalue weighted by Crippen LogP contribution is 2.31. The van der Waals surface area contributed by atoms with Gasteiger partial charge in [-0.25, -0.2) is 4.98 Å². The van der Waals surface area contributed by atoms with Crippen LogP contribution in [0.1, 0.15) is 16.8 Å². The van der Waals surface area contributed by atoms with Gasteiger partial charge < -0.3 is 14.5 Å². The number of benzene rings is 1. The Kier molecular flexibility index (Phi) is 4.21. The molecule has 138 valence electrons. The van der Waals surface area contributed by atoms with Gasteiger partial charge in [0.05, 0.1) is 22.4 Å². The Labute approximate surface area is 153 Å². The minimum atomic E-state index is -0.616. The van der Waals surface area contributed by atoms with Crippen molar-refractivity contribution in [2.24, 2.45) is 0 Å². The molecule has 9 heteroatoms. The van der Waals surface area contributed by atoms with Crippen molar-refractivity contribution in [3.8, 4) is 17.3 Å². The molecule has 0 amide bonds. The van der Waals surface area contributed by atoms with Crippen LogP contribution in [0.25, 0.3) is 11.6 Å². The van der Waals surface area contributed by atoms with Gasteiger partial charge in [0.1, 0.15) is 0 Å². The molecule has 0 spiro atoms. The van der Waals surface area contributed by atoms with Gasteiger partial charge in [-0.2, -0.15) is 0 Å². The van der Waals surface area contributed by atoms with E-state index in [0.717, 1.165) is 0 Å². The molecule has 1 aliphatic rings. The number of phenols is 1. The molecule has 0 unspecified atom stereocenters. The fraction of sp³-hybridized carbons (Fsp3) is 0.222. The zero-order chi connectivity index (χ0) is 19.0. The number of aromatic nitrogens is 2. The molecule has 0 bridgehead atoms. The minimum Gasteiger partial charge on any atom is -0.502 e. The summed E-state index contributed by atoms with van der Waals surface area (Å²) in [7, 11) is 0. The SMILES string of the molecule is O=c1[nH]c(-c2ccco2)nc2c1CN(Cc1cccc([N+](=O)[O-])c1O)CC2. The summed E-state index contributed by atoms with van der Waals surface area (Å²) >= 11 is 0. The van der Waals surface area contributed by atoms with Crippen LogP contribution in [0.5, 0.6) is 5.75 Å². The Morgan fingerprint density at radius 1 is 1.33 bits per heavy atom. The number of aromatic amines is 1. The van der Waals surface area contributed by atoms with E-state index in [4.69, 9.17) is 4.42 Å². The number of nitro benzene ring substituents is 1. The summed E-state index contributed by atoms with van der Waals surface area (Å²) in [6.45, 7) is 1.26. The van der Waals surface area contributed by atoms with Gasteiger partial charge in [-0.3, -0.25) is 19.8 Å². The van der Waals surface area contributed by atoms with E-state index in [-0.39, 0.29) is 17.0 Å². The van der Waals surface area contributed by atoms with Gasteiger partial charge in [-0.15, -0.1) is 0 Å². The van der Waals surface area contributed by atoms with Crippen LogP contribution < -0.4 is 5.56 Å². The summed E-state index contributed by atoms with van der Waals surface area (Å²) in [4.78, 5) is 32.0. The standard InChI is InChI=1S/C18H16N4O5/c23-16-11(3-1-4-14(16)22(25)26)9-21-7-6-13-12(10-21)18(24)20-17(19-13)15-5-2-8-27-15/h1-5,8,23H,6-7,9-10H2,(H,19,20,24). The third-order valence-electron chi connectivity index (χ3n) is 4.59. The van der Waals surface area contributed by atoms with Crippen molar-refractivity contribution in [1.29, 1.82) is 0 Å². The number of phenolic OH excluding ortho intramolecular Hbond substituents is 1. The van der Waals surface area contributed by atoms with Crippen molar-refractivity contribution < 1.29 is 14.4 Å². The molecule has 3 heterocycles. The topological polar surface area (TPSA) is 126 Å². The zero-order valence-corrected chi connectivity index (χ0v) is 14.2. The number of rotatable bonds is 4. The summed E-state index contributed by atoms with van der Waals surface area (Å²) in [5.41, 5.74) is 1.15. The molecule has 27 heavy (non-hydrogen) atoms. The van der Waals surface area contributed by atoms with Gasteiger partial charge in [0.15, 0.2) is 17.3 Å². The van der Waals surface area contributed by atoms with Gasteiger partial charge in [-0.1, -0.05) is 12.1 Å². The maximum Gasteiger partial charge on any atom is 0.311 e. The fourth-order valence-corrected chi connectivity index (χ4v) is 3.24. The van der Waals surface area contributed by atoms with Crippen LogP contribution in [0.3, 0.4) is 0 Å². The lowest BCUT2D eigenvalue weighted by Crippen LogP contribution is -2.35. The summed E-state index contributed by atoms with van der Waals surface area (Å²) in [5, 5.41) is 21.1. The quantitative estimate of drug-likeness (QED) is 0.534. The maximum atomic E-state index is 12.5. The number of aromatic hydroxyl groups is 1. The molecule has 2 aromatic heterocycles. The van der Waals surface area contributed by atoms with Crippen molar-refractivity contribution in [2.75, 3.05) is 6.54 Å². The summed E-state index contributed by atoms with van der Waals surface area (Å²) < 4.78 is 5.28.